The van der Waals surface area contributed by atoms with Gasteiger partial charge in [-0.25, -0.2) is 0 Å². The zero-order chi connectivity index (χ0) is 12.6. The maximum Gasteiger partial charge on any atom is 0.119 e. The summed E-state index contributed by atoms with van der Waals surface area (Å²) in [7, 11) is 0. The highest BCUT2D eigenvalue weighted by atomic mass is 16.5. The van der Waals surface area contributed by atoms with Crippen molar-refractivity contribution < 1.29 is 9.47 Å². The van der Waals surface area contributed by atoms with Crippen LogP contribution in [0.4, 0.5) is 5.69 Å². The maximum atomic E-state index is 5.67. The number of benzene rings is 1. The van der Waals surface area contributed by atoms with Crippen molar-refractivity contribution in [1.29, 1.82) is 0 Å². The van der Waals surface area contributed by atoms with Gasteiger partial charge in [-0.1, -0.05) is 12.8 Å². The Morgan fingerprint density at radius 2 is 1.78 bits per heavy atom. The molecule has 0 unspecified atom stereocenters. The Kier molecular flexibility index (Phi) is 5.34. The number of nitrogen functional groups attached to an aromatic ring is 1. The molecule has 0 atom stereocenters. The van der Waals surface area contributed by atoms with E-state index in [1.54, 1.807) is 0 Å². The van der Waals surface area contributed by atoms with Crippen molar-refractivity contribution in [3.63, 3.8) is 0 Å². The summed E-state index contributed by atoms with van der Waals surface area (Å²) in [5.41, 5.74) is 6.37. The summed E-state index contributed by atoms with van der Waals surface area (Å²) in [6.45, 7) is 2.43. The van der Waals surface area contributed by atoms with Gasteiger partial charge in [0.1, 0.15) is 5.75 Å². The van der Waals surface area contributed by atoms with Crippen LogP contribution in [0, 0.1) is 5.92 Å². The summed E-state index contributed by atoms with van der Waals surface area (Å²) >= 11 is 0. The van der Waals surface area contributed by atoms with E-state index in [-0.39, 0.29) is 0 Å². The second-order valence-electron chi connectivity index (χ2n) is 5.00. The Bertz CT molecular complexity index is 331. The zero-order valence-corrected chi connectivity index (χ0v) is 10.9. The molecule has 1 aromatic carbocycles. The lowest BCUT2D eigenvalue weighted by Gasteiger charge is -2.10. The Morgan fingerprint density at radius 1 is 1.06 bits per heavy atom. The van der Waals surface area contributed by atoms with E-state index in [9.17, 15) is 0 Å². The van der Waals surface area contributed by atoms with E-state index < -0.39 is 0 Å². The van der Waals surface area contributed by atoms with Crippen molar-refractivity contribution in [3.05, 3.63) is 24.3 Å². The minimum atomic E-state index is 0.703. The van der Waals surface area contributed by atoms with Gasteiger partial charge in [0, 0.05) is 25.3 Å². The highest BCUT2D eigenvalue weighted by Crippen LogP contribution is 2.24. The van der Waals surface area contributed by atoms with Gasteiger partial charge >= 0.3 is 0 Å². The van der Waals surface area contributed by atoms with Gasteiger partial charge in [0.05, 0.1) is 6.61 Å². The molecule has 1 aliphatic carbocycles. The standard InChI is InChI=1S/C15H23NO2/c16-14-6-8-15(9-7-14)18-11-3-10-17-12-13-4-1-2-5-13/h6-9,13H,1-5,10-12,16H2. The highest BCUT2D eigenvalue weighted by Gasteiger charge is 2.14. The molecule has 0 aliphatic heterocycles. The summed E-state index contributed by atoms with van der Waals surface area (Å²) in [5, 5.41) is 0. The molecule has 100 valence electrons. The van der Waals surface area contributed by atoms with E-state index in [1.807, 2.05) is 24.3 Å². The molecule has 3 heteroatoms. The second kappa shape index (κ2) is 7.27. The number of hydrogen-bond acceptors (Lipinski definition) is 3. The summed E-state index contributed by atoms with van der Waals surface area (Å²) < 4.78 is 11.3. The van der Waals surface area contributed by atoms with Gasteiger partial charge in [0.15, 0.2) is 0 Å². The molecule has 0 radical (unpaired) electrons. The van der Waals surface area contributed by atoms with E-state index in [1.165, 1.54) is 25.7 Å². The third-order valence-corrected chi connectivity index (χ3v) is 3.41. The molecule has 0 heterocycles. The largest absolute Gasteiger partial charge is 0.494 e. The number of nitrogens with two attached hydrogens (primary N) is 1. The van der Waals surface area contributed by atoms with Crippen LogP contribution < -0.4 is 10.5 Å². The number of rotatable bonds is 7. The lowest BCUT2D eigenvalue weighted by molar-refractivity contribution is 0.0906. The van der Waals surface area contributed by atoms with Crippen molar-refractivity contribution >= 4 is 5.69 Å². The summed E-state index contributed by atoms with van der Waals surface area (Å²) in [6.07, 6.45) is 6.41. The third kappa shape index (κ3) is 4.57. The molecule has 0 aromatic heterocycles. The highest BCUT2D eigenvalue weighted by molar-refractivity contribution is 5.41. The molecule has 1 saturated carbocycles. The minimum Gasteiger partial charge on any atom is -0.494 e. The Balaban J connectivity index is 1.49. The van der Waals surface area contributed by atoms with Crippen molar-refractivity contribution in [2.45, 2.75) is 32.1 Å². The fourth-order valence-electron chi connectivity index (χ4n) is 2.34. The van der Waals surface area contributed by atoms with Crippen LogP contribution in [0.3, 0.4) is 0 Å². The van der Waals surface area contributed by atoms with Gasteiger partial charge in [-0.3, -0.25) is 0 Å². The molecule has 1 aliphatic rings. The van der Waals surface area contributed by atoms with E-state index in [2.05, 4.69) is 0 Å². The number of anilines is 1. The Labute approximate surface area is 109 Å². The van der Waals surface area contributed by atoms with Crippen LogP contribution in [0.5, 0.6) is 5.75 Å². The summed E-state index contributed by atoms with van der Waals surface area (Å²) in [4.78, 5) is 0. The smallest absolute Gasteiger partial charge is 0.119 e. The molecule has 2 rings (SSSR count). The van der Waals surface area contributed by atoms with Crippen LogP contribution >= 0.6 is 0 Å². The van der Waals surface area contributed by atoms with E-state index in [0.717, 1.165) is 37.0 Å². The zero-order valence-electron chi connectivity index (χ0n) is 10.9. The van der Waals surface area contributed by atoms with Gasteiger partial charge in [-0.05, 0) is 43.0 Å². The summed E-state index contributed by atoms with van der Waals surface area (Å²) in [6, 6.07) is 7.50. The first-order chi connectivity index (χ1) is 8.84. The van der Waals surface area contributed by atoms with Crippen LogP contribution in [0.25, 0.3) is 0 Å². The van der Waals surface area contributed by atoms with E-state index in [0.29, 0.717) is 6.61 Å². The quantitative estimate of drug-likeness (QED) is 0.596. The van der Waals surface area contributed by atoms with Crippen LogP contribution in [0.15, 0.2) is 24.3 Å². The lowest BCUT2D eigenvalue weighted by atomic mass is 10.1. The molecule has 0 bridgehead atoms. The molecule has 0 amide bonds. The van der Waals surface area contributed by atoms with Crippen LogP contribution in [-0.4, -0.2) is 19.8 Å². The number of hydrogen-bond donors (Lipinski definition) is 1. The van der Waals surface area contributed by atoms with Crippen molar-refractivity contribution in [3.8, 4) is 5.75 Å². The molecular weight excluding hydrogens is 226 g/mol. The second-order valence-corrected chi connectivity index (χ2v) is 5.00. The summed E-state index contributed by atoms with van der Waals surface area (Å²) in [5.74, 6) is 1.68. The van der Waals surface area contributed by atoms with Crippen LogP contribution in [0.2, 0.25) is 0 Å². The van der Waals surface area contributed by atoms with Gasteiger partial charge in [0.2, 0.25) is 0 Å². The van der Waals surface area contributed by atoms with Gasteiger partial charge < -0.3 is 15.2 Å². The van der Waals surface area contributed by atoms with Crippen molar-refractivity contribution in [2.75, 3.05) is 25.6 Å². The minimum absolute atomic E-state index is 0.703. The van der Waals surface area contributed by atoms with Gasteiger partial charge in [-0.2, -0.15) is 0 Å². The molecule has 18 heavy (non-hydrogen) atoms. The SMILES string of the molecule is Nc1ccc(OCCCOCC2CCCC2)cc1. The first kappa shape index (κ1) is 13.2. The van der Waals surface area contributed by atoms with Gasteiger partial charge in [-0.15, -0.1) is 0 Å². The monoisotopic (exact) mass is 249 g/mol. The molecule has 0 saturated heterocycles. The normalized spacial score (nSPS) is 16.0. The van der Waals surface area contributed by atoms with Gasteiger partial charge in [0.25, 0.3) is 0 Å². The molecule has 1 fully saturated rings. The third-order valence-electron chi connectivity index (χ3n) is 3.41. The topological polar surface area (TPSA) is 44.5 Å². The predicted octanol–water partition coefficient (Wildman–Crippen LogP) is 3.24. The molecular formula is C15H23NO2. The molecule has 0 spiro atoms. The van der Waals surface area contributed by atoms with Crippen molar-refractivity contribution in [2.24, 2.45) is 5.92 Å². The average molecular weight is 249 g/mol. The average Bonchev–Trinajstić information content (AvgIpc) is 2.89. The first-order valence-corrected chi connectivity index (χ1v) is 6.90. The lowest BCUT2D eigenvalue weighted by Crippen LogP contribution is -2.08. The predicted molar refractivity (Wildman–Crippen MR) is 73.7 cm³/mol. The van der Waals surface area contributed by atoms with E-state index >= 15 is 0 Å². The molecule has 1 aromatic rings. The fourth-order valence-corrected chi connectivity index (χ4v) is 2.34. The maximum absolute atomic E-state index is 5.67. The van der Waals surface area contributed by atoms with E-state index in [4.69, 9.17) is 15.2 Å². The molecule has 3 nitrogen and oxygen atoms in total. The Hall–Kier alpha value is -1.22. The van der Waals surface area contributed by atoms with Crippen molar-refractivity contribution in [1.82, 2.24) is 0 Å². The number of ether oxygens (including phenoxy) is 2. The Morgan fingerprint density at radius 3 is 2.50 bits per heavy atom. The first-order valence-electron chi connectivity index (χ1n) is 6.90. The van der Waals surface area contributed by atoms with Crippen LogP contribution in [-0.2, 0) is 4.74 Å². The molecule has 2 N–H and O–H groups in total. The van der Waals surface area contributed by atoms with Crippen LogP contribution in [0.1, 0.15) is 32.1 Å². The fraction of sp³-hybridized carbons (Fsp3) is 0.600.